The molecule has 3 N–H and O–H groups in total. The van der Waals surface area contributed by atoms with E-state index < -0.39 is 4.92 Å². The lowest BCUT2D eigenvalue weighted by atomic mass is 9.99. The van der Waals surface area contributed by atoms with E-state index >= 15 is 0 Å². The molecule has 0 amide bonds. The van der Waals surface area contributed by atoms with Crippen molar-refractivity contribution in [3.63, 3.8) is 0 Å². The number of aromatic nitrogens is 1. The van der Waals surface area contributed by atoms with Crippen molar-refractivity contribution >= 4 is 17.3 Å². The maximum atomic E-state index is 10.8. The molecule has 1 unspecified atom stereocenters. The van der Waals surface area contributed by atoms with Crippen molar-refractivity contribution in [2.75, 3.05) is 30.3 Å². The highest BCUT2D eigenvalue weighted by atomic mass is 16.6. The summed E-state index contributed by atoms with van der Waals surface area (Å²) >= 11 is 0. The van der Waals surface area contributed by atoms with E-state index in [1.54, 1.807) is 0 Å². The Hall–Kier alpha value is -1.89. The van der Waals surface area contributed by atoms with E-state index in [1.807, 2.05) is 4.90 Å². The van der Waals surface area contributed by atoms with Crippen LogP contribution in [-0.4, -0.2) is 34.7 Å². The predicted molar refractivity (Wildman–Crippen MR) is 67.3 cm³/mol. The van der Waals surface area contributed by atoms with Crippen molar-refractivity contribution in [2.45, 2.75) is 12.8 Å². The molecule has 7 heteroatoms. The van der Waals surface area contributed by atoms with Crippen LogP contribution in [-0.2, 0) is 0 Å². The van der Waals surface area contributed by atoms with E-state index in [1.165, 1.54) is 12.1 Å². The van der Waals surface area contributed by atoms with Gasteiger partial charge in [0, 0.05) is 19.7 Å². The topological polar surface area (TPSA) is 106 Å². The Kier molecular flexibility index (Phi) is 3.61. The quantitative estimate of drug-likeness (QED) is 0.608. The Morgan fingerprint density at radius 1 is 1.61 bits per heavy atom. The summed E-state index contributed by atoms with van der Waals surface area (Å²) in [4.78, 5) is 16.4. The number of nitrogens with two attached hydrogens (primary N) is 1. The maximum absolute atomic E-state index is 10.8. The molecule has 18 heavy (non-hydrogen) atoms. The standard InChI is InChI=1S/C11H16N4O3/c12-10-4-9(15(17)18)5-11(13-10)14-3-1-2-8(6-14)7-16/h4-5,8,16H,1-3,6-7H2,(H2,12,13). The van der Waals surface area contributed by atoms with Crippen molar-refractivity contribution in [1.82, 2.24) is 4.98 Å². The minimum Gasteiger partial charge on any atom is -0.396 e. The first kappa shape index (κ1) is 12.6. The number of nitrogens with zero attached hydrogens (tertiary/aromatic N) is 3. The highest BCUT2D eigenvalue weighted by Gasteiger charge is 2.22. The highest BCUT2D eigenvalue weighted by Crippen LogP contribution is 2.26. The second kappa shape index (κ2) is 5.18. The van der Waals surface area contributed by atoms with Gasteiger partial charge in [0.25, 0.3) is 5.69 Å². The van der Waals surface area contributed by atoms with E-state index in [2.05, 4.69) is 4.98 Å². The van der Waals surface area contributed by atoms with Gasteiger partial charge in [0.2, 0.25) is 0 Å². The van der Waals surface area contributed by atoms with Gasteiger partial charge >= 0.3 is 0 Å². The normalized spacial score (nSPS) is 19.8. The van der Waals surface area contributed by atoms with Crippen molar-refractivity contribution in [3.05, 3.63) is 22.2 Å². The monoisotopic (exact) mass is 252 g/mol. The third-order valence-electron chi connectivity index (χ3n) is 3.13. The van der Waals surface area contributed by atoms with E-state index in [9.17, 15) is 15.2 Å². The van der Waals surface area contributed by atoms with Gasteiger partial charge in [0.15, 0.2) is 0 Å². The fraction of sp³-hybridized carbons (Fsp3) is 0.545. The number of nitrogen functional groups attached to an aromatic ring is 1. The van der Waals surface area contributed by atoms with Gasteiger partial charge in [-0.25, -0.2) is 4.98 Å². The van der Waals surface area contributed by atoms with Crippen molar-refractivity contribution in [2.24, 2.45) is 5.92 Å². The molecule has 1 aromatic heterocycles. The zero-order valence-corrected chi connectivity index (χ0v) is 9.95. The lowest BCUT2D eigenvalue weighted by Crippen LogP contribution is -2.37. The molecule has 98 valence electrons. The zero-order valence-electron chi connectivity index (χ0n) is 9.95. The van der Waals surface area contributed by atoms with Crippen molar-refractivity contribution in [1.29, 1.82) is 0 Å². The number of pyridine rings is 1. The van der Waals surface area contributed by atoms with Crippen LogP contribution in [0.4, 0.5) is 17.3 Å². The average Bonchev–Trinajstić information content (AvgIpc) is 2.38. The summed E-state index contributed by atoms with van der Waals surface area (Å²) in [6.45, 7) is 1.56. The first-order valence-corrected chi connectivity index (χ1v) is 5.88. The first-order valence-electron chi connectivity index (χ1n) is 5.88. The molecule has 7 nitrogen and oxygen atoms in total. The number of rotatable bonds is 3. The SMILES string of the molecule is Nc1cc([N+](=O)[O-])cc(N2CCCC(CO)C2)n1. The second-order valence-corrected chi connectivity index (χ2v) is 4.50. The van der Waals surface area contributed by atoms with Crippen LogP contribution in [0.25, 0.3) is 0 Å². The maximum Gasteiger partial charge on any atom is 0.276 e. The molecule has 0 saturated carbocycles. The molecule has 2 rings (SSSR count). The Bertz CT molecular complexity index is 452. The number of hydrogen-bond acceptors (Lipinski definition) is 6. The molecule has 1 aliphatic heterocycles. The third-order valence-corrected chi connectivity index (χ3v) is 3.13. The minimum absolute atomic E-state index is 0.0522. The fourth-order valence-electron chi connectivity index (χ4n) is 2.21. The van der Waals surface area contributed by atoms with Crippen LogP contribution in [0.1, 0.15) is 12.8 Å². The smallest absolute Gasteiger partial charge is 0.276 e. The fourth-order valence-corrected chi connectivity index (χ4v) is 2.21. The number of anilines is 2. The van der Waals surface area contributed by atoms with Gasteiger partial charge in [-0.3, -0.25) is 10.1 Å². The van der Waals surface area contributed by atoms with E-state index in [0.29, 0.717) is 12.4 Å². The Balaban J connectivity index is 2.24. The summed E-state index contributed by atoms with van der Waals surface area (Å²) < 4.78 is 0. The number of aliphatic hydroxyl groups excluding tert-OH is 1. The Morgan fingerprint density at radius 2 is 2.39 bits per heavy atom. The summed E-state index contributed by atoms with van der Waals surface area (Å²) in [5.41, 5.74) is 5.53. The van der Waals surface area contributed by atoms with E-state index in [0.717, 1.165) is 19.4 Å². The summed E-state index contributed by atoms with van der Waals surface area (Å²) in [5.74, 6) is 0.853. The molecule has 0 aliphatic carbocycles. The van der Waals surface area contributed by atoms with Crippen LogP contribution in [0.15, 0.2) is 12.1 Å². The van der Waals surface area contributed by atoms with Crippen molar-refractivity contribution in [3.8, 4) is 0 Å². The first-order chi connectivity index (χ1) is 8.60. The van der Waals surface area contributed by atoms with Gasteiger partial charge < -0.3 is 15.7 Å². The Labute approximate surface area is 104 Å². The minimum atomic E-state index is -0.477. The zero-order chi connectivity index (χ0) is 13.1. The van der Waals surface area contributed by atoms with Crippen LogP contribution in [0.3, 0.4) is 0 Å². The molecule has 0 aromatic carbocycles. The number of piperidine rings is 1. The van der Waals surface area contributed by atoms with Crippen LogP contribution >= 0.6 is 0 Å². The lowest BCUT2D eigenvalue weighted by molar-refractivity contribution is -0.384. The molecule has 1 saturated heterocycles. The molecule has 1 aliphatic rings. The molecule has 1 fully saturated rings. The summed E-state index contributed by atoms with van der Waals surface area (Å²) in [6, 6.07) is 2.67. The molecule has 0 spiro atoms. The van der Waals surface area contributed by atoms with E-state index in [4.69, 9.17) is 5.73 Å². The van der Waals surface area contributed by atoms with Gasteiger partial charge in [0.05, 0.1) is 17.1 Å². The molecule has 1 aromatic rings. The number of nitro groups is 1. The number of hydrogen-bond donors (Lipinski definition) is 2. The van der Waals surface area contributed by atoms with Crippen LogP contribution < -0.4 is 10.6 Å². The third kappa shape index (κ3) is 2.67. The van der Waals surface area contributed by atoms with E-state index in [-0.39, 0.29) is 24.0 Å². The lowest BCUT2D eigenvalue weighted by Gasteiger charge is -2.32. The number of aliphatic hydroxyl groups is 1. The summed E-state index contributed by atoms with van der Waals surface area (Å²) in [7, 11) is 0. The van der Waals surface area contributed by atoms with Crippen LogP contribution in [0, 0.1) is 16.0 Å². The highest BCUT2D eigenvalue weighted by molar-refractivity contribution is 5.54. The summed E-state index contributed by atoms with van der Waals surface area (Å²) in [5, 5.41) is 19.9. The van der Waals surface area contributed by atoms with Crippen LogP contribution in [0.2, 0.25) is 0 Å². The molecule has 1 atom stereocenters. The molecule has 0 bridgehead atoms. The predicted octanol–water partition coefficient (Wildman–Crippen LogP) is 0.781. The van der Waals surface area contributed by atoms with Crippen LogP contribution in [0.5, 0.6) is 0 Å². The molecular weight excluding hydrogens is 236 g/mol. The van der Waals surface area contributed by atoms with Gasteiger partial charge in [-0.15, -0.1) is 0 Å². The second-order valence-electron chi connectivity index (χ2n) is 4.50. The molecule has 0 radical (unpaired) electrons. The van der Waals surface area contributed by atoms with Gasteiger partial charge in [0.1, 0.15) is 11.6 Å². The summed E-state index contributed by atoms with van der Waals surface area (Å²) in [6.07, 6.45) is 1.91. The molecule has 2 heterocycles. The van der Waals surface area contributed by atoms with Gasteiger partial charge in [-0.2, -0.15) is 0 Å². The van der Waals surface area contributed by atoms with Gasteiger partial charge in [-0.1, -0.05) is 0 Å². The average molecular weight is 252 g/mol. The van der Waals surface area contributed by atoms with Gasteiger partial charge in [-0.05, 0) is 18.8 Å². The largest absolute Gasteiger partial charge is 0.396 e. The Morgan fingerprint density at radius 3 is 3.06 bits per heavy atom. The van der Waals surface area contributed by atoms with Crippen molar-refractivity contribution < 1.29 is 10.0 Å². The molecular formula is C11H16N4O3.